The van der Waals surface area contributed by atoms with Gasteiger partial charge in [0.2, 0.25) is 5.13 Å². The maximum Gasteiger partial charge on any atom is 0.341 e. The highest BCUT2D eigenvalue weighted by Crippen LogP contribution is 2.26. The summed E-state index contributed by atoms with van der Waals surface area (Å²) in [6.45, 7) is 1.93. The van der Waals surface area contributed by atoms with Gasteiger partial charge in [0.15, 0.2) is 0 Å². The van der Waals surface area contributed by atoms with E-state index in [0.717, 1.165) is 22.5 Å². The van der Waals surface area contributed by atoms with E-state index in [1.807, 2.05) is 25.1 Å². The third-order valence-corrected chi connectivity index (χ3v) is 4.42. The Morgan fingerprint density at radius 3 is 3.00 bits per heavy atom. The van der Waals surface area contributed by atoms with Crippen molar-refractivity contribution in [1.82, 2.24) is 15.8 Å². The van der Waals surface area contributed by atoms with E-state index < -0.39 is 5.97 Å². The average molecular weight is 392 g/mol. The summed E-state index contributed by atoms with van der Waals surface area (Å²) < 4.78 is 5.65. The molecule has 3 aromatic rings. The van der Waals surface area contributed by atoms with Gasteiger partial charge in [-0.3, -0.25) is 0 Å². The normalized spacial score (nSPS) is 11.0. The standard InChI is InChI=1S/C16H14ClN5O3S/c1-9-2-3-10(6-12(9)17)13-5-4-11(24-13)8-19-22-25-15(23)7-14-20-21-16(18)26-14/h2-6,8,22H,7H2,1H3,(H2,18,21). The van der Waals surface area contributed by atoms with Crippen LogP contribution < -0.4 is 11.3 Å². The number of carbonyl (C=O) groups excluding carboxylic acids is 1. The first-order valence-corrected chi connectivity index (χ1v) is 8.62. The largest absolute Gasteiger partial charge is 0.455 e. The molecule has 0 saturated carbocycles. The molecule has 0 aliphatic carbocycles. The van der Waals surface area contributed by atoms with Crippen LogP contribution in [0.25, 0.3) is 11.3 Å². The Balaban J connectivity index is 1.52. The molecule has 0 amide bonds. The molecular weight excluding hydrogens is 378 g/mol. The van der Waals surface area contributed by atoms with E-state index in [1.165, 1.54) is 6.21 Å². The molecule has 0 fully saturated rings. The van der Waals surface area contributed by atoms with Gasteiger partial charge in [-0.2, -0.15) is 0 Å². The van der Waals surface area contributed by atoms with Gasteiger partial charge in [-0.1, -0.05) is 35.1 Å². The number of nitrogens with one attached hydrogen (secondary N) is 1. The van der Waals surface area contributed by atoms with Gasteiger partial charge in [0.05, 0.1) is 6.21 Å². The van der Waals surface area contributed by atoms with E-state index in [4.69, 9.17) is 26.6 Å². The van der Waals surface area contributed by atoms with Crippen LogP contribution in [0.2, 0.25) is 5.02 Å². The van der Waals surface area contributed by atoms with Crippen LogP contribution in [0.15, 0.2) is 39.9 Å². The van der Waals surface area contributed by atoms with E-state index in [-0.39, 0.29) is 6.42 Å². The lowest BCUT2D eigenvalue weighted by molar-refractivity contribution is -0.150. The van der Waals surface area contributed by atoms with Crippen molar-refractivity contribution in [3.05, 3.63) is 51.7 Å². The van der Waals surface area contributed by atoms with Crippen molar-refractivity contribution in [2.75, 3.05) is 5.73 Å². The van der Waals surface area contributed by atoms with Crippen LogP contribution in [0.5, 0.6) is 0 Å². The molecule has 8 nitrogen and oxygen atoms in total. The Bertz CT molecular complexity index is 953. The second-order valence-electron chi connectivity index (χ2n) is 5.20. The lowest BCUT2D eigenvalue weighted by Crippen LogP contribution is -2.16. The molecule has 1 aromatic carbocycles. The third kappa shape index (κ3) is 4.58. The fraction of sp³-hybridized carbons (Fsp3) is 0.125. The Kier molecular flexibility index (Phi) is 5.49. The van der Waals surface area contributed by atoms with E-state index in [0.29, 0.717) is 26.7 Å². The number of nitrogens with two attached hydrogens (primary N) is 1. The fourth-order valence-corrected chi connectivity index (χ4v) is 2.76. The Labute approximate surface area is 157 Å². The predicted molar refractivity (Wildman–Crippen MR) is 98.7 cm³/mol. The molecule has 0 spiro atoms. The smallest absolute Gasteiger partial charge is 0.341 e. The highest BCUT2D eigenvalue weighted by molar-refractivity contribution is 7.15. The number of aromatic nitrogens is 2. The number of hydrogen-bond donors (Lipinski definition) is 2. The van der Waals surface area contributed by atoms with Crippen LogP contribution in [0, 0.1) is 6.92 Å². The van der Waals surface area contributed by atoms with Gasteiger partial charge in [0, 0.05) is 10.6 Å². The van der Waals surface area contributed by atoms with Gasteiger partial charge in [-0.15, -0.1) is 20.9 Å². The fourth-order valence-electron chi connectivity index (χ4n) is 1.99. The maximum absolute atomic E-state index is 11.6. The number of nitrogens with zero attached hydrogens (tertiary/aromatic N) is 3. The summed E-state index contributed by atoms with van der Waals surface area (Å²) in [6.07, 6.45) is 1.34. The number of benzene rings is 1. The summed E-state index contributed by atoms with van der Waals surface area (Å²) in [5.41, 5.74) is 9.48. The second-order valence-corrected chi connectivity index (χ2v) is 6.70. The number of anilines is 1. The van der Waals surface area contributed by atoms with Gasteiger partial charge >= 0.3 is 5.97 Å². The van der Waals surface area contributed by atoms with Gasteiger partial charge in [0.1, 0.15) is 22.9 Å². The number of carbonyl (C=O) groups is 1. The summed E-state index contributed by atoms with van der Waals surface area (Å²) in [5.74, 6) is 0.573. The average Bonchev–Trinajstić information content (AvgIpc) is 3.23. The van der Waals surface area contributed by atoms with Crippen molar-refractivity contribution in [3.8, 4) is 11.3 Å². The summed E-state index contributed by atoms with van der Waals surface area (Å²) >= 11 is 7.24. The Morgan fingerprint density at radius 2 is 2.27 bits per heavy atom. The molecular formula is C16H14ClN5O3S. The molecule has 0 unspecified atom stereocenters. The first-order chi connectivity index (χ1) is 12.5. The Morgan fingerprint density at radius 1 is 1.42 bits per heavy atom. The number of aryl methyl sites for hydroxylation is 1. The van der Waals surface area contributed by atoms with Crippen LogP contribution >= 0.6 is 22.9 Å². The van der Waals surface area contributed by atoms with Gasteiger partial charge in [0.25, 0.3) is 0 Å². The molecule has 134 valence electrons. The second kappa shape index (κ2) is 7.98. The highest BCUT2D eigenvalue weighted by Gasteiger charge is 2.09. The minimum Gasteiger partial charge on any atom is -0.455 e. The number of rotatable bonds is 6. The van der Waals surface area contributed by atoms with Crippen molar-refractivity contribution >= 4 is 40.3 Å². The lowest BCUT2D eigenvalue weighted by atomic mass is 10.1. The Hall–Kier alpha value is -2.91. The maximum atomic E-state index is 11.6. The van der Waals surface area contributed by atoms with E-state index >= 15 is 0 Å². The summed E-state index contributed by atoms with van der Waals surface area (Å²) in [6, 6.07) is 9.20. The summed E-state index contributed by atoms with van der Waals surface area (Å²) in [7, 11) is 0. The van der Waals surface area contributed by atoms with Crippen molar-refractivity contribution in [2.24, 2.45) is 5.10 Å². The number of hydrazone groups is 1. The number of nitrogen functional groups attached to an aromatic ring is 1. The van der Waals surface area contributed by atoms with Crippen LogP contribution in [0.1, 0.15) is 16.3 Å². The van der Waals surface area contributed by atoms with E-state index in [2.05, 4.69) is 20.9 Å². The van der Waals surface area contributed by atoms with Crippen LogP contribution in [-0.2, 0) is 16.1 Å². The number of furan rings is 1. The third-order valence-electron chi connectivity index (χ3n) is 3.27. The monoisotopic (exact) mass is 391 g/mol. The number of hydrogen-bond acceptors (Lipinski definition) is 9. The van der Waals surface area contributed by atoms with E-state index in [9.17, 15) is 4.79 Å². The summed E-state index contributed by atoms with van der Waals surface area (Å²) in [4.78, 5) is 16.3. The van der Waals surface area contributed by atoms with Gasteiger partial charge in [-0.05, 0) is 30.7 Å². The quantitative estimate of drug-likeness (QED) is 0.490. The van der Waals surface area contributed by atoms with Crippen LogP contribution in [-0.4, -0.2) is 22.4 Å². The molecule has 0 radical (unpaired) electrons. The molecule has 3 rings (SSSR count). The van der Waals surface area contributed by atoms with Crippen LogP contribution in [0.4, 0.5) is 5.13 Å². The zero-order chi connectivity index (χ0) is 18.5. The summed E-state index contributed by atoms with van der Waals surface area (Å²) in [5, 5.41) is 12.5. The molecule has 0 atom stereocenters. The topological polar surface area (TPSA) is 116 Å². The molecule has 3 N–H and O–H groups in total. The minimum absolute atomic E-state index is 0.0452. The molecule has 2 aromatic heterocycles. The molecule has 0 saturated heterocycles. The van der Waals surface area contributed by atoms with Crippen molar-refractivity contribution < 1.29 is 14.0 Å². The molecule has 10 heteroatoms. The number of halogens is 1. The SMILES string of the molecule is Cc1ccc(-c2ccc(C=NNOC(=O)Cc3nnc(N)s3)o2)cc1Cl. The zero-order valence-corrected chi connectivity index (χ0v) is 15.2. The lowest BCUT2D eigenvalue weighted by Gasteiger charge is -2.01. The van der Waals surface area contributed by atoms with Gasteiger partial charge < -0.3 is 15.0 Å². The zero-order valence-electron chi connectivity index (χ0n) is 13.6. The first kappa shape index (κ1) is 17.9. The van der Waals surface area contributed by atoms with E-state index in [1.54, 1.807) is 12.1 Å². The molecule has 2 heterocycles. The van der Waals surface area contributed by atoms with Crippen molar-refractivity contribution in [2.45, 2.75) is 13.3 Å². The molecule has 0 aliphatic rings. The molecule has 0 aliphatic heterocycles. The highest BCUT2D eigenvalue weighted by atomic mass is 35.5. The minimum atomic E-state index is -0.562. The van der Waals surface area contributed by atoms with Crippen LogP contribution in [0.3, 0.4) is 0 Å². The van der Waals surface area contributed by atoms with Gasteiger partial charge in [-0.25, -0.2) is 4.79 Å². The van der Waals surface area contributed by atoms with Crippen molar-refractivity contribution in [1.29, 1.82) is 0 Å². The molecule has 26 heavy (non-hydrogen) atoms. The van der Waals surface area contributed by atoms with Crippen molar-refractivity contribution in [3.63, 3.8) is 0 Å². The first-order valence-electron chi connectivity index (χ1n) is 7.43. The molecule has 0 bridgehead atoms. The predicted octanol–water partition coefficient (Wildman–Crippen LogP) is 2.97.